The molecule has 0 saturated heterocycles. The van der Waals surface area contributed by atoms with E-state index in [4.69, 9.17) is 4.84 Å². The number of unbranched alkanes of at least 4 members (excludes halogenated alkanes) is 1. The molecule has 150 valence electrons. The van der Waals surface area contributed by atoms with Crippen molar-refractivity contribution >= 4 is 27.0 Å². The van der Waals surface area contributed by atoms with Crippen LogP contribution in [0.4, 0.5) is 0 Å². The second-order valence-electron chi connectivity index (χ2n) is 6.54. The van der Waals surface area contributed by atoms with Crippen LogP contribution in [0.15, 0.2) is 23.1 Å². The number of carbonyl (C=O) groups excluding carboxylic acids is 1. The molecule has 0 aliphatic heterocycles. The summed E-state index contributed by atoms with van der Waals surface area (Å²) < 4.78 is 28.0. The third kappa shape index (κ3) is 4.66. The zero-order valence-corrected chi connectivity index (χ0v) is 17.4. The van der Waals surface area contributed by atoms with Gasteiger partial charge < -0.3 is 4.57 Å². The lowest BCUT2D eigenvalue weighted by Crippen LogP contribution is -2.25. The molecule has 0 N–H and O–H groups in total. The summed E-state index contributed by atoms with van der Waals surface area (Å²) in [6.45, 7) is 2.88. The molecule has 2 rings (SSSR count). The normalized spacial score (nSPS) is 12.1. The van der Waals surface area contributed by atoms with Gasteiger partial charge in [-0.2, -0.15) is 0 Å². The highest BCUT2D eigenvalue weighted by molar-refractivity contribution is 7.89. The first-order chi connectivity index (χ1) is 12.7. The van der Waals surface area contributed by atoms with Crippen LogP contribution in [0.5, 0.6) is 0 Å². The second-order valence-corrected chi connectivity index (χ2v) is 8.70. The first-order valence-corrected chi connectivity index (χ1v) is 10.4. The SMILES string of the molecule is CCCCn1c(CCC(=O)N(C)OC)nc2cc(S(=O)(=O)N(C)C)ccc21. The molecule has 0 bridgehead atoms. The van der Waals surface area contributed by atoms with Crippen LogP contribution in [-0.2, 0) is 32.6 Å². The second kappa shape index (κ2) is 8.81. The molecular formula is C18H28N4O4S. The molecule has 0 spiro atoms. The number of hydrogen-bond donors (Lipinski definition) is 0. The highest BCUT2D eigenvalue weighted by Crippen LogP contribution is 2.23. The Bertz CT molecular complexity index is 905. The van der Waals surface area contributed by atoms with Crippen LogP contribution in [-0.4, -0.2) is 61.5 Å². The number of aromatic nitrogens is 2. The minimum atomic E-state index is -3.52. The van der Waals surface area contributed by atoms with E-state index >= 15 is 0 Å². The molecule has 27 heavy (non-hydrogen) atoms. The number of amides is 1. The minimum absolute atomic E-state index is 0.137. The predicted molar refractivity (Wildman–Crippen MR) is 104 cm³/mol. The van der Waals surface area contributed by atoms with Crippen molar-refractivity contribution in [2.75, 3.05) is 28.3 Å². The monoisotopic (exact) mass is 396 g/mol. The molecule has 0 fully saturated rings. The van der Waals surface area contributed by atoms with Crippen LogP contribution in [0.25, 0.3) is 11.0 Å². The fraction of sp³-hybridized carbons (Fsp3) is 0.556. The van der Waals surface area contributed by atoms with Gasteiger partial charge in [-0.15, -0.1) is 0 Å². The van der Waals surface area contributed by atoms with Crippen LogP contribution in [0, 0.1) is 0 Å². The summed E-state index contributed by atoms with van der Waals surface area (Å²) in [5.74, 6) is 0.637. The largest absolute Gasteiger partial charge is 0.328 e. The van der Waals surface area contributed by atoms with Crippen molar-refractivity contribution in [2.45, 2.75) is 44.0 Å². The maximum atomic E-state index is 12.4. The van der Waals surface area contributed by atoms with Crippen molar-refractivity contribution in [1.82, 2.24) is 18.9 Å². The molecule has 0 unspecified atom stereocenters. The van der Waals surface area contributed by atoms with E-state index in [9.17, 15) is 13.2 Å². The molecule has 0 saturated carbocycles. The van der Waals surface area contributed by atoms with Crippen LogP contribution >= 0.6 is 0 Å². The van der Waals surface area contributed by atoms with E-state index in [1.807, 2.05) is 0 Å². The number of hydrogen-bond acceptors (Lipinski definition) is 5. The molecule has 0 radical (unpaired) electrons. The number of carbonyl (C=O) groups is 1. The van der Waals surface area contributed by atoms with E-state index in [1.54, 1.807) is 25.2 Å². The summed E-state index contributed by atoms with van der Waals surface area (Å²) in [4.78, 5) is 21.8. The van der Waals surface area contributed by atoms with E-state index in [0.717, 1.165) is 30.7 Å². The first-order valence-electron chi connectivity index (χ1n) is 8.94. The summed E-state index contributed by atoms with van der Waals surface area (Å²) >= 11 is 0. The number of imidazole rings is 1. The van der Waals surface area contributed by atoms with E-state index in [1.165, 1.54) is 30.6 Å². The number of fused-ring (bicyclic) bond motifs is 1. The molecule has 9 heteroatoms. The Balaban J connectivity index is 2.41. The fourth-order valence-electron chi connectivity index (χ4n) is 2.77. The Kier molecular flexibility index (Phi) is 6.96. The highest BCUT2D eigenvalue weighted by Gasteiger charge is 2.20. The third-order valence-corrected chi connectivity index (χ3v) is 6.31. The number of hydroxylamine groups is 2. The number of rotatable bonds is 9. The van der Waals surface area contributed by atoms with Crippen molar-refractivity contribution < 1.29 is 18.0 Å². The molecule has 1 aromatic carbocycles. The predicted octanol–water partition coefficient (Wildman–Crippen LogP) is 2.04. The van der Waals surface area contributed by atoms with Gasteiger partial charge in [-0.3, -0.25) is 9.63 Å². The highest BCUT2D eigenvalue weighted by atomic mass is 32.2. The molecule has 0 atom stereocenters. The van der Waals surface area contributed by atoms with E-state index in [-0.39, 0.29) is 17.2 Å². The first kappa shape index (κ1) is 21.3. The van der Waals surface area contributed by atoms with Gasteiger partial charge in [-0.25, -0.2) is 22.8 Å². The number of nitrogens with zero attached hydrogens (tertiary/aromatic N) is 4. The van der Waals surface area contributed by atoms with Gasteiger partial charge in [0.05, 0.1) is 23.0 Å². The summed E-state index contributed by atoms with van der Waals surface area (Å²) in [6.07, 6.45) is 2.73. The van der Waals surface area contributed by atoms with Gasteiger partial charge in [-0.05, 0) is 24.6 Å². The van der Waals surface area contributed by atoms with E-state index < -0.39 is 10.0 Å². The van der Waals surface area contributed by atoms with Crippen LogP contribution in [0.1, 0.15) is 32.0 Å². The smallest absolute Gasteiger partial charge is 0.246 e. The standard InChI is InChI=1S/C18H28N4O4S/c1-6-7-12-22-16-9-8-14(27(24,25)20(2)3)13-15(16)19-17(22)10-11-18(23)21(4)26-5/h8-9,13H,6-7,10-12H2,1-5H3. The maximum absolute atomic E-state index is 12.4. The lowest BCUT2D eigenvalue weighted by molar-refractivity contribution is -0.168. The lowest BCUT2D eigenvalue weighted by atomic mass is 10.2. The zero-order valence-electron chi connectivity index (χ0n) is 16.6. The molecule has 0 aliphatic carbocycles. The Morgan fingerprint density at radius 1 is 1.26 bits per heavy atom. The molecule has 2 aromatic rings. The van der Waals surface area contributed by atoms with Gasteiger partial charge in [0, 0.05) is 40.5 Å². The lowest BCUT2D eigenvalue weighted by Gasteiger charge is -2.14. The third-order valence-electron chi connectivity index (χ3n) is 4.50. The quantitative estimate of drug-likeness (QED) is 0.606. The number of sulfonamides is 1. The number of aryl methyl sites for hydroxylation is 2. The summed E-state index contributed by atoms with van der Waals surface area (Å²) in [6, 6.07) is 5.00. The molecular weight excluding hydrogens is 368 g/mol. The summed E-state index contributed by atoms with van der Waals surface area (Å²) in [7, 11) is 2.50. The van der Waals surface area contributed by atoms with E-state index in [2.05, 4.69) is 16.5 Å². The van der Waals surface area contributed by atoms with E-state index in [0.29, 0.717) is 11.9 Å². The van der Waals surface area contributed by atoms with Crippen molar-refractivity contribution in [3.63, 3.8) is 0 Å². The molecule has 1 heterocycles. The molecule has 0 aliphatic rings. The van der Waals surface area contributed by atoms with Gasteiger partial charge in [-0.1, -0.05) is 13.3 Å². The Morgan fingerprint density at radius 3 is 2.56 bits per heavy atom. The molecule has 1 aromatic heterocycles. The average molecular weight is 397 g/mol. The summed E-state index contributed by atoms with van der Waals surface area (Å²) in [5, 5.41) is 1.20. The Hall–Kier alpha value is -1.97. The Morgan fingerprint density at radius 2 is 1.96 bits per heavy atom. The van der Waals surface area contributed by atoms with Crippen LogP contribution in [0.2, 0.25) is 0 Å². The van der Waals surface area contributed by atoms with Crippen LogP contribution < -0.4 is 0 Å². The molecule has 8 nitrogen and oxygen atoms in total. The number of benzene rings is 1. The Labute approximate surface area is 160 Å². The minimum Gasteiger partial charge on any atom is -0.328 e. The van der Waals surface area contributed by atoms with Crippen LogP contribution in [0.3, 0.4) is 0 Å². The van der Waals surface area contributed by atoms with Gasteiger partial charge in [0.2, 0.25) is 15.9 Å². The van der Waals surface area contributed by atoms with Crippen molar-refractivity contribution in [3.8, 4) is 0 Å². The molecule has 1 amide bonds. The topological polar surface area (TPSA) is 84.7 Å². The van der Waals surface area contributed by atoms with Gasteiger partial charge in [0.25, 0.3) is 0 Å². The fourth-order valence-corrected chi connectivity index (χ4v) is 3.69. The van der Waals surface area contributed by atoms with Crippen molar-refractivity contribution in [2.24, 2.45) is 0 Å². The van der Waals surface area contributed by atoms with Gasteiger partial charge in [0.1, 0.15) is 5.82 Å². The maximum Gasteiger partial charge on any atom is 0.246 e. The summed E-state index contributed by atoms with van der Waals surface area (Å²) in [5.41, 5.74) is 1.50. The van der Waals surface area contributed by atoms with Gasteiger partial charge in [0.15, 0.2) is 0 Å². The zero-order chi connectivity index (χ0) is 20.2. The van der Waals surface area contributed by atoms with Crippen molar-refractivity contribution in [1.29, 1.82) is 0 Å². The average Bonchev–Trinajstić information content (AvgIpc) is 2.99. The van der Waals surface area contributed by atoms with Gasteiger partial charge >= 0.3 is 0 Å². The van der Waals surface area contributed by atoms with Crippen molar-refractivity contribution in [3.05, 3.63) is 24.0 Å².